The minimum Gasteiger partial charge on any atom is -0.480 e. The Bertz CT molecular complexity index is 854. The lowest BCUT2D eigenvalue weighted by molar-refractivity contribution is -0.483. The number of hydrogen-bond donors (Lipinski definition) is 3. The first-order valence-corrected chi connectivity index (χ1v) is 8.37. The molecule has 0 bridgehead atoms. The lowest BCUT2D eigenvalue weighted by Gasteiger charge is -2.23. The summed E-state index contributed by atoms with van der Waals surface area (Å²) in [4.78, 5) is 35.1. The van der Waals surface area contributed by atoms with Crippen molar-refractivity contribution in [3.05, 3.63) is 64.6 Å². The molecule has 7 heteroatoms. The Hall–Kier alpha value is -3.06. The molecule has 0 radical (unpaired) electrons. The van der Waals surface area contributed by atoms with E-state index in [4.69, 9.17) is 5.73 Å². The van der Waals surface area contributed by atoms with Gasteiger partial charge in [-0.1, -0.05) is 30.4 Å². The summed E-state index contributed by atoms with van der Waals surface area (Å²) in [6.45, 7) is 0.268. The average molecular weight is 354 g/mol. The topological polar surface area (TPSA) is 113 Å². The van der Waals surface area contributed by atoms with Crippen molar-refractivity contribution in [3.8, 4) is 0 Å². The van der Waals surface area contributed by atoms with Crippen molar-refractivity contribution in [1.29, 1.82) is 0 Å². The molecule has 1 amide bonds. The molecule has 1 aliphatic heterocycles. The Kier molecular flexibility index (Phi) is 5.09. The highest BCUT2D eigenvalue weighted by atomic mass is 16.4. The number of primary amides is 1. The molecule has 0 saturated heterocycles. The minimum atomic E-state index is -1.04. The Balaban J connectivity index is 1.90. The number of benzene rings is 1. The van der Waals surface area contributed by atoms with Crippen LogP contribution in [-0.2, 0) is 9.59 Å². The van der Waals surface area contributed by atoms with Gasteiger partial charge in [-0.3, -0.25) is 9.59 Å². The van der Waals surface area contributed by atoms with E-state index in [0.29, 0.717) is 5.69 Å². The maximum atomic E-state index is 12.7. The number of allylic oxidation sites excluding steroid dienone is 2. The molecular formula is C19H20N3O4+. The number of nitrogens with one attached hydrogen (secondary N) is 1. The smallest absolute Gasteiger partial charge is 0.320 e. The van der Waals surface area contributed by atoms with Crippen molar-refractivity contribution in [2.24, 2.45) is 5.73 Å². The quantitative estimate of drug-likeness (QED) is 0.645. The highest BCUT2D eigenvalue weighted by Gasteiger charge is 2.39. The predicted octanol–water partition coefficient (Wildman–Crippen LogP) is 1.67. The van der Waals surface area contributed by atoms with E-state index < -0.39 is 24.0 Å². The molecule has 2 aliphatic rings. The lowest BCUT2D eigenvalue weighted by atomic mass is 9.87. The van der Waals surface area contributed by atoms with Crippen LogP contribution in [-0.4, -0.2) is 40.4 Å². The Labute approximate surface area is 150 Å². The van der Waals surface area contributed by atoms with Gasteiger partial charge in [-0.2, -0.15) is 0 Å². The van der Waals surface area contributed by atoms with Gasteiger partial charge < -0.3 is 16.2 Å². The van der Waals surface area contributed by atoms with Crippen molar-refractivity contribution >= 4 is 23.1 Å². The number of nitroso groups, excluding NO2 is 1. The van der Waals surface area contributed by atoms with E-state index >= 15 is 0 Å². The van der Waals surface area contributed by atoms with Gasteiger partial charge in [0.1, 0.15) is 6.04 Å². The summed E-state index contributed by atoms with van der Waals surface area (Å²) >= 11 is 0. The van der Waals surface area contributed by atoms with Crippen LogP contribution in [0, 0.1) is 4.91 Å². The Morgan fingerprint density at radius 3 is 2.77 bits per heavy atom. The number of carboxylic acid groups (broad SMARTS) is 1. The van der Waals surface area contributed by atoms with Gasteiger partial charge in [-0.15, -0.1) is 0 Å². The van der Waals surface area contributed by atoms with Gasteiger partial charge in [0.25, 0.3) is 11.7 Å². The van der Waals surface area contributed by atoms with Gasteiger partial charge in [0.2, 0.25) is 5.91 Å². The predicted molar refractivity (Wildman–Crippen MR) is 96.6 cm³/mol. The fraction of sp³-hybridized carbons (Fsp3) is 0.263. The van der Waals surface area contributed by atoms with E-state index in [2.05, 4.69) is 5.32 Å². The average Bonchev–Trinajstić information content (AvgIpc) is 2.63. The number of nitrogens with zero attached hydrogens (tertiary/aromatic N) is 1. The first-order valence-electron chi connectivity index (χ1n) is 8.37. The summed E-state index contributed by atoms with van der Waals surface area (Å²) in [6, 6.07) is 5.93. The van der Waals surface area contributed by atoms with Crippen molar-refractivity contribution in [3.63, 3.8) is 0 Å². The molecule has 1 aliphatic carbocycles. The van der Waals surface area contributed by atoms with Crippen LogP contribution in [0.2, 0.25) is 0 Å². The SMILES string of the molecule is NC(=O)CCC(NCC1=C2C=CC=CC2[N+](=O)c2ccccc21)C(=O)O. The molecule has 7 nitrogen and oxygen atoms in total. The van der Waals surface area contributed by atoms with Crippen molar-refractivity contribution < 1.29 is 19.5 Å². The maximum Gasteiger partial charge on any atom is 0.320 e. The number of amides is 1. The van der Waals surface area contributed by atoms with Gasteiger partial charge in [0.05, 0.1) is 5.56 Å². The van der Waals surface area contributed by atoms with Crippen LogP contribution in [0.15, 0.2) is 54.1 Å². The fourth-order valence-electron chi connectivity index (χ4n) is 3.26. The van der Waals surface area contributed by atoms with Gasteiger partial charge in [-0.25, -0.2) is 0 Å². The number of aliphatic carboxylic acids is 1. The van der Waals surface area contributed by atoms with Crippen LogP contribution in [0.1, 0.15) is 18.4 Å². The van der Waals surface area contributed by atoms with Crippen molar-refractivity contribution in [1.82, 2.24) is 5.32 Å². The molecule has 134 valence electrons. The first kappa shape index (κ1) is 17.8. The van der Waals surface area contributed by atoms with Crippen LogP contribution in [0.25, 0.3) is 5.57 Å². The largest absolute Gasteiger partial charge is 0.480 e. The molecule has 0 fully saturated rings. The van der Waals surface area contributed by atoms with E-state index in [0.717, 1.165) is 21.5 Å². The van der Waals surface area contributed by atoms with Crippen molar-refractivity contribution in [2.45, 2.75) is 24.9 Å². The van der Waals surface area contributed by atoms with E-state index in [1.54, 1.807) is 12.1 Å². The third-order valence-corrected chi connectivity index (χ3v) is 4.57. The third kappa shape index (κ3) is 3.48. The van der Waals surface area contributed by atoms with Gasteiger partial charge in [0.15, 0.2) is 0 Å². The number of para-hydroxylation sites is 1. The molecule has 26 heavy (non-hydrogen) atoms. The molecular weight excluding hydrogens is 334 g/mol. The van der Waals surface area contributed by atoms with E-state index in [1.807, 2.05) is 36.4 Å². The number of nitrogens with two attached hydrogens (primary N) is 1. The van der Waals surface area contributed by atoms with E-state index in [-0.39, 0.29) is 19.4 Å². The van der Waals surface area contributed by atoms with Crippen LogP contribution >= 0.6 is 0 Å². The normalized spacial score (nSPS) is 19.1. The summed E-state index contributed by atoms with van der Waals surface area (Å²) in [6.07, 6.45) is 7.48. The molecule has 1 aromatic carbocycles. The summed E-state index contributed by atoms with van der Waals surface area (Å²) in [5.41, 5.74) is 8.17. The molecule has 0 aromatic heterocycles. The first-order chi connectivity index (χ1) is 12.5. The fourth-order valence-corrected chi connectivity index (χ4v) is 3.26. The van der Waals surface area contributed by atoms with Crippen LogP contribution in [0.3, 0.4) is 0 Å². The minimum absolute atomic E-state index is 0.00788. The highest BCUT2D eigenvalue weighted by Crippen LogP contribution is 2.38. The number of rotatable bonds is 7. The molecule has 1 heterocycles. The van der Waals surface area contributed by atoms with Crippen molar-refractivity contribution in [2.75, 3.05) is 6.54 Å². The zero-order chi connectivity index (χ0) is 18.7. The standard InChI is InChI=1S/C19H19N3O4/c20-18(23)10-9-15(19(24)25)21-11-14-12-5-1-3-7-16(12)22(26)17-8-4-2-6-13(14)17/h1-8,15-16,21H,9-11H2,(H2-,20,23,24,25)/p+1. The summed E-state index contributed by atoms with van der Waals surface area (Å²) in [5.74, 6) is -1.58. The second-order valence-corrected chi connectivity index (χ2v) is 6.24. The number of carbonyl (C=O) groups is 2. The number of hydrogen-bond acceptors (Lipinski definition) is 4. The van der Waals surface area contributed by atoms with Crippen LogP contribution in [0.5, 0.6) is 0 Å². The summed E-state index contributed by atoms with van der Waals surface area (Å²) in [5, 5.41) is 12.4. The summed E-state index contributed by atoms with van der Waals surface area (Å²) in [7, 11) is 0. The molecule has 3 rings (SSSR count). The molecule has 4 N–H and O–H groups in total. The number of fused-ring (bicyclic) bond motifs is 2. The van der Waals surface area contributed by atoms with Gasteiger partial charge in [0, 0.05) is 34.3 Å². The Morgan fingerprint density at radius 2 is 2.04 bits per heavy atom. The number of carbonyl (C=O) groups excluding carboxylic acids is 1. The monoisotopic (exact) mass is 354 g/mol. The summed E-state index contributed by atoms with van der Waals surface area (Å²) < 4.78 is 0.968. The molecule has 2 unspecified atom stereocenters. The second kappa shape index (κ2) is 7.45. The number of carboxylic acids is 1. The highest BCUT2D eigenvalue weighted by molar-refractivity contribution is 5.82. The maximum absolute atomic E-state index is 12.7. The van der Waals surface area contributed by atoms with Crippen LogP contribution < -0.4 is 11.1 Å². The zero-order valence-corrected chi connectivity index (χ0v) is 14.1. The zero-order valence-electron chi connectivity index (χ0n) is 14.1. The lowest BCUT2D eigenvalue weighted by Crippen LogP contribution is -2.39. The molecule has 2 atom stereocenters. The Morgan fingerprint density at radius 1 is 1.27 bits per heavy atom. The third-order valence-electron chi connectivity index (χ3n) is 4.57. The molecule has 0 spiro atoms. The van der Waals surface area contributed by atoms with Gasteiger partial charge in [-0.05, 0) is 24.1 Å². The van der Waals surface area contributed by atoms with Crippen LogP contribution in [0.4, 0.5) is 5.69 Å². The molecule has 1 aromatic rings. The van der Waals surface area contributed by atoms with E-state index in [1.165, 1.54) is 0 Å². The second-order valence-electron chi connectivity index (χ2n) is 6.24. The van der Waals surface area contributed by atoms with E-state index in [9.17, 15) is 19.6 Å². The molecule has 0 saturated carbocycles. The van der Waals surface area contributed by atoms with Gasteiger partial charge >= 0.3 is 5.97 Å².